The second kappa shape index (κ2) is 7.01. The molecule has 0 unspecified atom stereocenters. The Bertz CT molecular complexity index is 319. The van der Waals surface area contributed by atoms with Gasteiger partial charge in [0.1, 0.15) is 5.75 Å². The number of nitrogens with one attached hydrogen (secondary N) is 1. The smallest absolute Gasteiger partial charge is 0.176 e. The van der Waals surface area contributed by atoms with E-state index in [2.05, 4.69) is 12.2 Å². The van der Waals surface area contributed by atoms with Gasteiger partial charge < -0.3 is 10.1 Å². The lowest BCUT2D eigenvalue weighted by atomic mass is 10.1. The van der Waals surface area contributed by atoms with Crippen molar-refractivity contribution in [1.29, 1.82) is 0 Å². The molecule has 0 spiro atoms. The summed E-state index contributed by atoms with van der Waals surface area (Å²) in [6.45, 7) is 3.44. The van der Waals surface area contributed by atoms with Crippen LogP contribution in [0.5, 0.6) is 5.75 Å². The number of ketones is 1. The summed E-state index contributed by atoms with van der Waals surface area (Å²) in [6, 6.07) is 7.20. The molecule has 0 amide bonds. The zero-order valence-corrected chi connectivity index (χ0v) is 9.95. The van der Waals surface area contributed by atoms with Crippen molar-refractivity contribution in [1.82, 2.24) is 5.32 Å². The van der Waals surface area contributed by atoms with Crippen LogP contribution in [0, 0.1) is 0 Å². The predicted octanol–water partition coefficient (Wildman–Crippen LogP) is 2.27. The molecule has 16 heavy (non-hydrogen) atoms. The first kappa shape index (κ1) is 12.7. The second-order valence-corrected chi connectivity index (χ2v) is 3.68. The van der Waals surface area contributed by atoms with E-state index in [1.807, 2.05) is 0 Å². The third kappa shape index (κ3) is 4.03. The van der Waals surface area contributed by atoms with Gasteiger partial charge in [0.15, 0.2) is 5.78 Å². The molecule has 1 aromatic rings. The average molecular weight is 221 g/mol. The van der Waals surface area contributed by atoms with Crippen molar-refractivity contribution in [2.75, 3.05) is 20.2 Å². The van der Waals surface area contributed by atoms with E-state index >= 15 is 0 Å². The number of hydrogen-bond acceptors (Lipinski definition) is 3. The quantitative estimate of drug-likeness (QED) is 0.567. The highest BCUT2D eigenvalue weighted by Gasteiger charge is 2.04. The fourth-order valence-electron chi connectivity index (χ4n) is 1.38. The first-order valence-electron chi connectivity index (χ1n) is 5.66. The SMILES string of the molecule is CCCCNCC(=O)c1ccc(OC)cc1. The number of benzene rings is 1. The van der Waals surface area contributed by atoms with Crippen molar-refractivity contribution in [2.24, 2.45) is 0 Å². The zero-order valence-electron chi connectivity index (χ0n) is 9.95. The largest absolute Gasteiger partial charge is 0.497 e. The van der Waals surface area contributed by atoms with E-state index in [0.29, 0.717) is 6.54 Å². The summed E-state index contributed by atoms with van der Waals surface area (Å²) < 4.78 is 5.04. The number of methoxy groups -OCH3 is 1. The van der Waals surface area contributed by atoms with Crippen LogP contribution in [0.3, 0.4) is 0 Å². The Morgan fingerprint density at radius 1 is 1.31 bits per heavy atom. The lowest BCUT2D eigenvalue weighted by Gasteiger charge is -2.04. The Morgan fingerprint density at radius 2 is 2.00 bits per heavy atom. The van der Waals surface area contributed by atoms with Crippen LogP contribution in [0.4, 0.5) is 0 Å². The number of unbranched alkanes of at least 4 members (excludes halogenated alkanes) is 1. The van der Waals surface area contributed by atoms with Crippen molar-refractivity contribution >= 4 is 5.78 Å². The highest BCUT2D eigenvalue weighted by atomic mass is 16.5. The zero-order chi connectivity index (χ0) is 11.8. The minimum Gasteiger partial charge on any atom is -0.497 e. The molecule has 0 aliphatic rings. The molecule has 0 aromatic heterocycles. The van der Waals surface area contributed by atoms with Crippen LogP contribution >= 0.6 is 0 Å². The average Bonchev–Trinajstić information content (AvgIpc) is 2.34. The van der Waals surface area contributed by atoms with Crippen LogP contribution in [0.1, 0.15) is 30.1 Å². The third-order valence-corrected chi connectivity index (χ3v) is 2.40. The van der Waals surface area contributed by atoms with Crippen molar-refractivity contribution in [3.63, 3.8) is 0 Å². The van der Waals surface area contributed by atoms with Gasteiger partial charge in [0, 0.05) is 5.56 Å². The van der Waals surface area contributed by atoms with Crippen LogP contribution in [0.2, 0.25) is 0 Å². The molecule has 0 saturated carbocycles. The van der Waals surface area contributed by atoms with Crippen LogP contribution in [-0.4, -0.2) is 26.0 Å². The maximum atomic E-state index is 11.7. The minimum atomic E-state index is 0.124. The van der Waals surface area contributed by atoms with Gasteiger partial charge in [-0.05, 0) is 37.2 Å². The van der Waals surface area contributed by atoms with E-state index in [1.54, 1.807) is 31.4 Å². The summed E-state index contributed by atoms with van der Waals surface area (Å²) in [6.07, 6.45) is 2.25. The summed E-state index contributed by atoms with van der Waals surface area (Å²) in [4.78, 5) is 11.7. The van der Waals surface area contributed by atoms with Crippen molar-refractivity contribution in [3.8, 4) is 5.75 Å². The van der Waals surface area contributed by atoms with E-state index in [-0.39, 0.29) is 5.78 Å². The van der Waals surface area contributed by atoms with Gasteiger partial charge in [-0.3, -0.25) is 4.79 Å². The predicted molar refractivity (Wildman–Crippen MR) is 65.1 cm³/mol. The van der Waals surface area contributed by atoms with Gasteiger partial charge in [-0.2, -0.15) is 0 Å². The number of ether oxygens (including phenoxy) is 1. The molecular formula is C13H19NO2. The first-order chi connectivity index (χ1) is 7.77. The maximum Gasteiger partial charge on any atom is 0.176 e. The molecule has 1 rings (SSSR count). The van der Waals surface area contributed by atoms with Gasteiger partial charge in [-0.1, -0.05) is 13.3 Å². The molecule has 0 aliphatic carbocycles. The molecule has 0 bridgehead atoms. The maximum absolute atomic E-state index is 11.7. The molecular weight excluding hydrogens is 202 g/mol. The van der Waals surface area contributed by atoms with Crippen molar-refractivity contribution in [3.05, 3.63) is 29.8 Å². The molecule has 3 heteroatoms. The fourth-order valence-corrected chi connectivity index (χ4v) is 1.38. The molecule has 88 valence electrons. The number of carbonyl (C=O) groups is 1. The van der Waals surface area contributed by atoms with Crippen LogP contribution in [-0.2, 0) is 0 Å². The topological polar surface area (TPSA) is 38.3 Å². The molecule has 0 atom stereocenters. The van der Waals surface area contributed by atoms with Gasteiger partial charge in [0.2, 0.25) is 0 Å². The van der Waals surface area contributed by atoms with Gasteiger partial charge in [-0.15, -0.1) is 0 Å². The van der Waals surface area contributed by atoms with Crippen LogP contribution < -0.4 is 10.1 Å². The van der Waals surface area contributed by atoms with E-state index in [1.165, 1.54) is 0 Å². The molecule has 0 radical (unpaired) electrons. The van der Waals surface area contributed by atoms with E-state index in [0.717, 1.165) is 30.7 Å². The molecule has 1 N–H and O–H groups in total. The molecule has 0 aliphatic heterocycles. The number of Topliss-reactive ketones (excluding diaryl/α,β-unsaturated/α-hetero) is 1. The van der Waals surface area contributed by atoms with Gasteiger partial charge in [0.05, 0.1) is 13.7 Å². The van der Waals surface area contributed by atoms with Gasteiger partial charge >= 0.3 is 0 Å². The summed E-state index contributed by atoms with van der Waals surface area (Å²) in [5, 5.41) is 3.13. The van der Waals surface area contributed by atoms with Gasteiger partial charge in [-0.25, -0.2) is 0 Å². The highest BCUT2D eigenvalue weighted by Crippen LogP contribution is 2.11. The second-order valence-electron chi connectivity index (χ2n) is 3.68. The third-order valence-electron chi connectivity index (χ3n) is 2.40. The standard InChI is InChI=1S/C13H19NO2/c1-3-4-9-14-10-13(15)11-5-7-12(16-2)8-6-11/h5-8,14H,3-4,9-10H2,1-2H3. The van der Waals surface area contributed by atoms with E-state index < -0.39 is 0 Å². The lowest BCUT2D eigenvalue weighted by molar-refractivity contribution is 0.0991. The van der Waals surface area contributed by atoms with Crippen molar-refractivity contribution in [2.45, 2.75) is 19.8 Å². The fraction of sp³-hybridized carbons (Fsp3) is 0.462. The van der Waals surface area contributed by atoms with Crippen molar-refractivity contribution < 1.29 is 9.53 Å². The highest BCUT2D eigenvalue weighted by molar-refractivity contribution is 5.97. The number of hydrogen-bond donors (Lipinski definition) is 1. The number of carbonyl (C=O) groups excluding carboxylic acids is 1. The molecule has 3 nitrogen and oxygen atoms in total. The minimum absolute atomic E-state index is 0.124. The summed E-state index contributed by atoms with van der Waals surface area (Å²) >= 11 is 0. The Hall–Kier alpha value is -1.35. The molecule has 0 saturated heterocycles. The lowest BCUT2D eigenvalue weighted by Crippen LogP contribution is -2.23. The van der Waals surface area contributed by atoms with Crippen LogP contribution in [0.15, 0.2) is 24.3 Å². The summed E-state index contributed by atoms with van der Waals surface area (Å²) in [5.41, 5.74) is 0.727. The first-order valence-corrected chi connectivity index (χ1v) is 5.66. The Labute approximate surface area is 96.8 Å². The monoisotopic (exact) mass is 221 g/mol. The van der Waals surface area contributed by atoms with E-state index in [9.17, 15) is 4.79 Å². The molecule has 1 aromatic carbocycles. The summed E-state index contributed by atoms with van der Waals surface area (Å²) in [5.74, 6) is 0.897. The van der Waals surface area contributed by atoms with E-state index in [4.69, 9.17) is 4.74 Å². The normalized spacial score (nSPS) is 10.1. The Balaban J connectivity index is 2.40. The number of rotatable bonds is 7. The van der Waals surface area contributed by atoms with Gasteiger partial charge in [0.25, 0.3) is 0 Å². The molecule has 0 heterocycles. The molecule has 0 fully saturated rings. The Morgan fingerprint density at radius 3 is 2.56 bits per heavy atom. The Kier molecular flexibility index (Phi) is 5.57. The summed E-state index contributed by atoms with van der Waals surface area (Å²) in [7, 11) is 1.61. The van der Waals surface area contributed by atoms with Crippen LogP contribution in [0.25, 0.3) is 0 Å².